The number of rotatable bonds is 3. The molecule has 1 heterocycles. The van der Waals surface area contributed by atoms with Crippen LogP contribution < -0.4 is 0 Å². The molecule has 0 aromatic heterocycles. The van der Waals surface area contributed by atoms with Crippen molar-refractivity contribution in [3.05, 3.63) is 33.8 Å². The van der Waals surface area contributed by atoms with Gasteiger partial charge in [-0.15, -0.1) is 0 Å². The van der Waals surface area contributed by atoms with Crippen molar-refractivity contribution in [3.8, 4) is 6.07 Å². The summed E-state index contributed by atoms with van der Waals surface area (Å²) in [5.74, 6) is -0.295. The summed E-state index contributed by atoms with van der Waals surface area (Å²) in [6.07, 6.45) is 0.549. The molecule has 0 aliphatic carbocycles. The van der Waals surface area contributed by atoms with Crippen molar-refractivity contribution in [2.45, 2.75) is 25.3 Å². The lowest BCUT2D eigenvalue weighted by atomic mass is 9.98. The van der Waals surface area contributed by atoms with E-state index in [0.29, 0.717) is 22.0 Å². The van der Waals surface area contributed by atoms with E-state index in [1.807, 2.05) is 6.07 Å². The van der Waals surface area contributed by atoms with Gasteiger partial charge in [-0.3, -0.25) is 0 Å². The number of aliphatic imine (C=N–C) groups is 1. The van der Waals surface area contributed by atoms with Crippen molar-refractivity contribution in [2.75, 3.05) is 0 Å². The Bertz CT molecular complexity index is 607. The number of esters is 1. The molecule has 0 fully saturated rings. The molecule has 6 heteroatoms. The average molecular weight is 297 g/mol. The van der Waals surface area contributed by atoms with Crippen molar-refractivity contribution in [1.82, 2.24) is 0 Å². The van der Waals surface area contributed by atoms with Gasteiger partial charge in [-0.05, 0) is 31.5 Å². The molecule has 1 unspecified atom stereocenters. The lowest BCUT2D eigenvalue weighted by Crippen LogP contribution is -2.29. The van der Waals surface area contributed by atoms with Gasteiger partial charge in [0.15, 0.2) is 5.54 Å². The molecule has 98 valence electrons. The number of benzene rings is 1. The second-order valence-corrected chi connectivity index (χ2v) is 5.21. The van der Waals surface area contributed by atoms with Crippen LogP contribution in [0.5, 0.6) is 0 Å². The van der Waals surface area contributed by atoms with Crippen LogP contribution in [0.3, 0.4) is 0 Å². The fourth-order valence-electron chi connectivity index (χ4n) is 1.73. The highest BCUT2D eigenvalue weighted by Crippen LogP contribution is 2.30. The van der Waals surface area contributed by atoms with Gasteiger partial charge in [0.25, 0.3) is 0 Å². The highest BCUT2D eigenvalue weighted by atomic mass is 35.5. The summed E-state index contributed by atoms with van der Waals surface area (Å²) >= 11 is 11.9. The molecule has 0 bridgehead atoms. The van der Waals surface area contributed by atoms with Gasteiger partial charge in [0, 0.05) is 11.4 Å². The molecule has 19 heavy (non-hydrogen) atoms. The van der Waals surface area contributed by atoms with E-state index in [1.54, 1.807) is 25.1 Å². The Kier molecular flexibility index (Phi) is 3.79. The summed E-state index contributed by atoms with van der Waals surface area (Å²) in [4.78, 5) is 16.1. The number of hydrogen-bond donors (Lipinski definition) is 0. The van der Waals surface area contributed by atoms with Gasteiger partial charge in [0.2, 0.25) is 5.90 Å². The topological polar surface area (TPSA) is 62.4 Å². The average Bonchev–Trinajstić information content (AvgIpc) is 2.63. The van der Waals surface area contributed by atoms with E-state index in [9.17, 15) is 4.79 Å². The van der Waals surface area contributed by atoms with E-state index < -0.39 is 11.5 Å². The lowest BCUT2D eigenvalue weighted by molar-refractivity contribution is -0.138. The zero-order chi connectivity index (χ0) is 14.0. The highest BCUT2D eigenvalue weighted by Gasteiger charge is 2.41. The highest BCUT2D eigenvalue weighted by molar-refractivity contribution is 6.37. The van der Waals surface area contributed by atoms with Crippen molar-refractivity contribution in [1.29, 1.82) is 5.26 Å². The normalized spacial score (nSPS) is 21.8. The number of carbonyl (C=O) groups excluding carboxylic acids is 1. The Balaban J connectivity index is 2.34. The molecule has 4 nitrogen and oxygen atoms in total. The largest absolute Gasteiger partial charge is 0.405 e. The van der Waals surface area contributed by atoms with Gasteiger partial charge < -0.3 is 4.74 Å². The lowest BCUT2D eigenvalue weighted by Gasteiger charge is -2.12. The summed E-state index contributed by atoms with van der Waals surface area (Å²) in [6.45, 7) is 1.64. The second-order valence-electron chi connectivity index (χ2n) is 4.36. The number of ether oxygens (including phenoxy) is 1. The first-order valence-corrected chi connectivity index (χ1v) is 6.36. The Morgan fingerprint density at radius 2 is 2.21 bits per heavy atom. The van der Waals surface area contributed by atoms with Crippen LogP contribution in [0, 0.1) is 11.3 Å². The van der Waals surface area contributed by atoms with E-state index in [2.05, 4.69) is 4.99 Å². The summed E-state index contributed by atoms with van der Waals surface area (Å²) < 4.78 is 5.15. The van der Waals surface area contributed by atoms with Gasteiger partial charge >= 0.3 is 5.97 Å². The van der Waals surface area contributed by atoms with Crippen molar-refractivity contribution >= 4 is 35.1 Å². The first kappa shape index (κ1) is 13.9. The quantitative estimate of drug-likeness (QED) is 0.804. The molecule has 1 aromatic rings. The summed E-state index contributed by atoms with van der Waals surface area (Å²) in [5.41, 5.74) is -0.506. The molecule has 0 radical (unpaired) electrons. The van der Waals surface area contributed by atoms with Gasteiger partial charge in [0.1, 0.15) is 0 Å². The third-order valence-corrected chi connectivity index (χ3v) is 3.41. The predicted octanol–water partition coefficient (Wildman–Crippen LogP) is 3.36. The maximum Gasteiger partial charge on any atom is 0.340 e. The first-order valence-electron chi connectivity index (χ1n) is 5.61. The van der Waals surface area contributed by atoms with Crippen molar-refractivity contribution in [3.63, 3.8) is 0 Å². The maximum atomic E-state index is 11.8. The predicted molar refractivity (Wildman–Crippen MR) is 72.3 cm³/mol. The standard InChI is InChI=1S/C13H10Cl2N2O2/c1-13(5-2-6-16)12(18)19-11(17-13)9-4-3-8(14)7-10(9)15/h3-4,7H,2,5H2,1H3. The van der Waals surface area contributed by atoms with Crippen molar-refractivity contribution < 1.29 is 9.53 Å². The molecular formula is C13H10Cl2N2O2. The monoisotopic (exact) mass is 296 g/mol. The van der Waals surface area contributed by atoms with E-state index in [-0.39, 0.29) is 12.3 Å². The third-order valence-electron chi connectivity index (χ3n) is 2.86. The van der Waals surface area contributed by atoms with Gasteiger partial charge in [0.05, 0.1) is 16.7 Å². The first-order chi connectivity index (χ1) is 8.96. The van der Waals surface area contributed by atoms with Crippen LogP contribution in [0.4, 0.5) is 0 Å². The Morgan fingerprint density at radius 1 is 1.47 bits per heavy atom. The zero-order valence-corrected chi connectivity index (χ0v) is 11.6. The van der Waals surface area contributed by atoms with Crippen LogP contribution in [0.15, 0.2) is 23.2 Å². The molecule has 0 N–H and O–H groups in total. The van der Waals surface area contributed by atoms with Crippen molar-refractivity contribution in [2.24, 2.45) is 4.99 Å². The molecule has 0 amide bonds. The zero-order valence-electron chi connectivity index (χ0n) is 10.1. The van der Waals surface area contributed by atoms with Gasteiger partial charge in [-0.1, -0.05) is 23.2 Å². The van der Waals surface area contributed by atoms with Crippen LogP contribution in [0.25, 0.3) is 0 Å². The fourth-order valence-corrected chi connectivity index (χ4v) is 2.22. The van der Waals surface area contributed by atoms with Crippen LogP contribution in [0.1, 0.15) is 25.3 Å². The fraction of sp³-hybridized carbons (Fsp3) is 0.308. The molecule has 2 rings (SSSR count). The van der Waals surface area contributed by atoms with Gasteiger partial charge in [-0.25, -0.2) is 9.79 Å². The second kappa shape index (κ2) is 5.20. The Hall–Kier alpha value is -1.57. The van der Waals surface area contributed by atoms with Crippen LogP contribution in [0.2, 0.25) is 10.0 Å². The molecular weight excluding hydrogens is 287 g/mol. The molecule has 0 saturated heterocycles. The maximum absolute atomic E-state index is 11.8. The number of hydrogen-bond acceptors (Lipinski definition) is 4. The number of nitrogens with zero attached hydrogens (tertiary/aromatic N) is 2. The molecule has 1 aliphatic heterocycles. The minimum absolute atomic E-state index is 0.173. The summed E-state index contributed by atoms with van der Waals surface area (Å²) in [5, 5.41) is 9.45. The smallest absolute Gasteiger partial charge is 0.340 e. The van der Waals surface area contributed by atoms with E-state index in [4.69, 9.17) is 33.2 Å². The van der Waals surface area contributed by atoms with E-state index in [0.717, 1.165) is 0 Å². The third kappa shape index (κ3) is 2.73. The minimum atomic E-state index is -1.02. The SMILES string of the molecule is CC1(CCC#N)N=C(c2ccc(Cl)cc2Cl)OC1=O. The van der Waals surface area contributed by atoms with E-state index >= 15 is 0 Å². The Labute approximate surface area is 120 Å². The number of cyclic esters (lactones) is 1. The van der Waals surface area contributed by atoms with Crippen LogP contribution >= 0.6 is 23.2 Å². The van der Waals surface area contributed by atoms with Crippen LogP contribution in [-0.2, 0) is 9.53 Å². The number of nitriles is 1. The number of halogens is 2. The minimum Gasteiger partial charge on any atom is -0.405 e. The summed E-state index contributed by atoms with van der Waals surface area (Å²) in [6, 6.07) is 6.84. The molecule has 0 saturated carbocycles. The number of carbonyl (C=O) groups is 1. The molecule has 1 aliphatic rings. The molecule has 1 aromatic carbocycles. The van der Waals surface area contributed by atoms with Gasteiger partial charge in [-0.2, -0.15) is 5.26 Å². The Morgan fingerprint density at radius 3 is 2.84 bits per heavy atom. The molecule has 1 atom stereocenters. The van der Waals surface area contributed by atoms with Crippen LogP contribution in [-0.4, -0.2) is 17.4 Å². The molecule has 0 spiro atoms. The summed E-state index contributed by atoms with van der Waals surface area (Å²) in [7, 11) is 0. The van der Waals surface area contributed by atoms with E-state index in [1.165, 1.54) is 0 Å².